The Morgan fingerprint density at radius 3 is 1.58 bits per heavy atom. The normalized spacial score (nSPS) is 12.5. The van der Waals surface area contributed by atoms with Gasteiger partial charge in [0.25, 0.3) is 0 Å². The van der Waals surface area contributed by atoms with Crippen molar-refractivity contribution in [2.75, 3.05) is 19.8 Å². The van der Waals surface area contributed by atoms with Gasteiger partial charge < -0.3 is 14.2 Å². The molecule has 1 unspecified atom stereocenters. The third kappa shape index (κ3) is 3.94. The van der Waals surface area contributed by atoms with Crippen LogP contribution in [0.3, 0.4) is 0 Å². The number of carbonyl (C=O) groups is 3. The molecular formula is C13H22O6. The van der Waals surface area contributed by atoms with Gasteiger partial charge in [0.15, 0.2) is 5.41 Å². The van der Waals surface area contributed by atoms with Crippen LogP contribution in [0, 0.1) is 11.3 Å². The highest BCUT2D eigenvalue weighted by Crippen LogP contribution is 2.32. The van der Waals surface area contributed by atoms with Crippen molar-refractivity contribution in [3.63, 3.8) is 0 Å². The standard InChI is InChI=1S/C13H22O6/c1-6-17-10(14)9(4)13(5,11(15)18-7-2)12(16)19-8-3/h9H,6-8H2,1-5H3. The van der Waals surface area contributed by atoms with Gasteiger partial charge in [0, 0.05) is 0 Å². The zero-order chi connectivity index (χ0) is 15.1. The Kier molecular flexibility index (Phi) is 7.11. The Hall–Kier alpha value is -1.59. The molecular weight excluding hydrogens is 252 g/mol. The maximum Gasteiger partial charge on any atom is 0.324 e. The second-order valence-electron chi connectivity index (χ2n) is 4.12. The van der Waals surface area contributed by atoms with E-state index >= 15 is 0 Å². The largest absolute Gasteiger partial charge is 0.466 e. The smallest absolute Gasteiger partial charge is 0.324 e. The summed E-state index contributed by atoms with van der Waals surface area (Å²) in [7, 11) is 0. The molecule has 0 aliphatic carbocycles. The summed E-state index contributed by atoms with van der Waals surface area (Å²) in [4.78, 5) is 35.8. The summed E-state index contributed by atoms with van der Waals surface area (Å²) >= 11 is 0. The molecule has 0 saturated heterocycles. The lowest BCUT2D eigenvalue weighted by molar-refractivity contribution is -0.181. The lowest BCUT2D eigenvalue weighted by Gasteiger charge is -2.29. The molecule has 0 amide bonds. The Balaban J connectivity index is 5.31. The summed E-state index contributed by atoms with van der Waals surface area (Å²) in [5.41, 5.74) is -1.70. The Morgan fingerprint density at radius 2 is 1.26 bits per heavy atom. The highest BCUT2D eigenvalue weighted by atomic mass is 16.6. The van der Waals surface area contributed by atoms with Gasteiger partial charge in [-0.05, 0) is 27.7 Å². The first kappa shape index (κ1) is 17.4. The third-order valence-corrected chi connectivity index (χ3v) is 2.91. The van der Waals surface area contributed by atoms with E-state index in [4.69, 9.17) is 14.2 Å². The molecule has 19 heavy (non-hydrogen) atoms. The number of esters is 3. The van der Waals surface area contributed by atoms with E-state index in [2.05, 4.69) is 0 Å². The predicted molar refractivity (Wildman–Crippen MR) is 67.2 cm³/mol. The van der Waals surface area contributed by atoms with Gasteiger partial charge in [-0.3, -0.25) is 14.4 Å². The molecule has 1 atom stereocenters. The van der Waals surface area contributed by atoms with E-state index < -0.39 is 29.2 Å². The molecule has 6 heteroatoms. The first-order chi connectivity index (χ1) is 8.85. The molecule has 0 aromatic rings. The molecule has 0 rings (SSSR count). The van der Waals surface area contributed by atoms with Crippen molar-refractivity contribution >= 4 is 17.9 Å². The highest BCUT2D eigenvalue weighted by Gasteiger charge is 2.52. The number of hydrogen-bond donors (Lipinski definition) is 0. The van der Waals surface area contributed by atoms with Gasteiger partial charge in [-0.1, -0.05) is 6.92 Å². The molecule has 110 valence electrons. The summed E-state index contributed by atoms with van der Waals surface area (Å²) in [6.45, 7) is 8.09. The van der Waals surface area contributed by atoms with Crippen LogP contribution < -0.4 is 0 Å². The fourth-order valence-electron chi connectivity index (χ4n) is 1.50. The first-order valence-corrected chi connectivity index (χ1v) is 6.37. The van der Waals surface area contributed by atoms with E-state index in [1.54, 1.807) is 20.8 Å². The van der Waals surface area contributed by atoms with Crippen LogP contribution in [-0.2, 0) is 28.6 Å². The topological polar surface area (TPSA) is 78.9 Å². The highest BCUT2D eigenvalue weighted by molar-refractivity contribution is 6.03. The van der Waals surface area contributed by atoms with E-state index in [0.29, 0.717) is 0 Å². The summed E-state index contributed by atoms with van der Waals surface area (Å²) < 4.78 is 14.6. The van der Waals surface area contributed by atoms with Gasteiger partial charge in [0.05, 0.1) is 25.7 Å². The van der Waals surface area contributed by atoms with Crippen molar-refractivity contribution in [1.82, 2.24) is 0 Å². The van der Waals surface area contributed by atoms with Crippen LogP contribution in [0.15, 0.2) is 0 Å². The summed E-state index contributed by atoms with van der Waals surface area (Å²) in [6.07, 6.45) is 0. The summed E-state index contributed by atoms with van der Waals surface area (Å²) in [5, 5.41) is 0. The minimum absolute atomic E-state index is 0.114. The Morgan fingerprint density at radius 1 is 0.895 bits per heavy atom. The molecule has 0 saturated carbocycles. The third-order valence-electron chi connectivity index (χ3n) is 2.91. The van der Waals surface area contributed by atoms with Crippen LogP contribution >= 0.6 is 0 Å². The molecule has 0 N–H and O–H groups in total. The van der Waals surface area contributed by atoms with Crippen molar-refractivity contribution in [2.45, 2.75) is 34.6 Å². The van der Waals surface area contributed by atoms with Gasteiger partial charge in [-0.25, -0.2) is 0 Å². The van der Waals surface area contributed by atoms with E-state index in [1.807, 2.05) is 0 Å². The van der Waals surface area contributed by atoms with Crippen LogP contribution in [0.4, 0.5) is 0 Å². The van der Waals surface area contributed by atoms with Crippen LogP contribution in [0.1, 0.15) is 34.6 Å². The van der Waals surface area contributed by atoms with Crippen molar-refractivity contribution in [2.24, 2.45) is 11.3 Å². The van der Waals surface area contributed by atoms with Crippen LogP contribution in [0.5, 0.6) is 0 Å². The SMILES string of the molecule is CCOC(=O)C(C)C(C)(C(=O)OCC)C(=O)OCC. The fraction of sp³-hybridized carbons (Fsp3) is 0.769. The molecule has 0 aromatic heterocycles. The molecule has 0 aromatic carbocycles. The van der Waals surface area contributed by atoms with Crippen molar-refractivity contribution in [3.05, 3.63) is 0 Å². The van der Waals surface area contributed by atoms with Crippen molar-refractivity contribution < 1.29 is 28.6 Å². The molecule has 0 radical (unpaired) electrons. The molecule has 0 spiro atoms. The number of carbonyl (C=O) groups excluding carboxylic acids is 3. The van der Waals surface area contributed by atoms with Crippen LogP contribution in [0.25, 0.3) is 0 Å². The van der Waals surface area contributed by atoms with Crippen molar-refractivity contribution in [3.8, 4) is 0 Å². The Labute approximate surface area is 113 Å². The molecule has 0 aliphatic rings. The lowest BCUT2D eigenvalue weighted by atomic mass is 9.78. The number of ether oxygens (including phenoxy) is 3. The fourth-order valence-corrected chi connectivity index (χ4v) is 1.50. The van der Waals surface area contributed by atoms with Gasteiger partial charge in [0.2, 0.25) is 0 Å². The molecule has 0 bridgehead atoms. The average Bonchev–Trinajstić information content (AvgIpc) is 2.37. The second-order valence-corrected chi connectivity index (χ2v) is 4.12. The van der Waals surface area contributed by atoms with E-state index in [1.165, 1.54) is 13.8 Å². The van der Waals surface area contributed by atoms with E-state index in [-0.39, 0.29) is 19.8 Å². The minimum atomic E-state index is -1.70. The summed E-state index contributed by atoms with van der Waals surface area (Å²) in [5.74, 6) is -3.18. The minimum Gasteiger partial charge on any atom is -0.466 e. The quantitative estimate of drug-likeness (QED) is 0.396. The van der Waals surface area contributed by atoms with Gasteiger partial charge >= 0.3 is 17.9 Å². The Bertz CT molecular complexity index is 318. The zero-order valence-corrected chi connectivity index (χ0v) is 12.1. The molecule has 0 heterocycles. The second kappa shape index (κ2) is 7.76. The van der Waals surface area contributed by atoms with E-state index in [9.17, 15) is 14.4 Å². The molecule has 6 nitrogen and oxygen atoms in total. The monoisotopic (exact) mass is 274 g/mol. The predicted octanol–water partition coefficient (Wildman–Crippen LogP) is 1.32. The van der Waals surface area contributed by atoms with Gasteiger partial charge in [0.1, 0.15) is 0 Å². The van der Waals surface area contributed by atoms with Crippen LogP contribution in [0.2, 0.25) is 0 Å². The van der Waals surface area contributed by atoms with Crippen molar-refractivity contribution in [1.29, 1.82) is 0 Å². The lowest BCUT2D eigenvalue weighted by Crippen LogP contribution is -2.47. The van der Waals surface area contributed by atoms with Gasteiger partial charge in [-0.15, -0.1) is 0 Å². The summed E-state index contributed by atoms with van der Waals surface area (Å²) in [6, 6.07) is 0. The molecule has 0 aliphatic heterocycles. The molecule has 0 fully saturated rings. The van der Waals surface area contributed by atoms with Crippen LogP contribution in [-0.4, -0.2) is 37.7 Å². The number of rotatable bonds is 7. The maximum atomic E-state index is 12.0. The first-order valence-electron chi connectivity index (χ1n) is 6.37. The zero-order valence-electron chi connectivity index (χ0n) is 12.1. The van der Waals surface area contributed by atoms with Gasteiger partial charge in [-0.2, -0.15) is 0 Å². The van der Waals surface area contributed by atoms with E-state index in [0.717, 1.165) is 0 Å². The average molecular weight is 274 g/mol. The maximum absolute atomic E-state index is 12.0. The number of hydrogen-bond acceptors (Lipinski definition) is 6.